The van der Waals surface area contributed by atoms with Crippen molar-refractivity contribution in [3.05, 3.63) is 88.7 Å². The molecule has 11 heteroatoms. The number of pyridine rings is 1. The van der Waals surface area contributed by atoms with E-state index in [1.54, 1.807) is 30.0 Å². The Labute approximate surface area is 281 Å². The first-order chi connectivity index (χ1) is 20.0. The van der Waals surface area contributed by atoms with Crippen molar-refractivity contribution in [2.75, 3.05) is 27.2 Å². The van der Waals surface area contributed by atoms with Gasteiger partial charge in [-0.1, -0.05) is 41.9 Å². The van der Waals surface area contributed by atoms with E-state index in [4.69, 9.17) is 21.3 Å². The Morgan fingerprint density at radius 1 is 1.09 bits per heavy atom. The Balaban J connectivity index is 0.00000506. The number of ether oxygens (including phenoxy) is 1. The van der Waals surface area contributed by atoms with Crippen LogP contribution in [0.25, 0.3) is 16.9 Å². The number of fused-ring (bicyclic) bond motifs is 1. The van der Waals surface area contributed by atoms with Crippen molar-refractivity contribution in [3.63, 3.8) is 0 Å². The summed E-state index contributed by atoms with van der Waals surface area (Å²) in [4.78, 5) is 32.1. The quantitative estimate of drug-likeness (QED) is 0.194. The van der Waals surface area contributed by atoms with Gasteiger partial charge in [0, 0.05) is 66.7 Å². The Morgan fingerprint density at radius 2 is 1.81 bits per heavy atom. The first kappa shape index (κ1) is 34.6. The van der Waals surface area contributed by atoms with Crippen LogP contribution in [-0.2, 0) is 11.2 Å². The topological polar surface area (TPSA) is 108 Å². The van der Waals surface area contributed by atoms with Crippen molar-refractivity contribution in [3.8, 4) is 17.0 Å². The number of likely N-dealkylation sites (N-methyl/N-ethyl adjacent to an activating group) is 1. The molecule has 0 saturated carbocycles. The van der Waals surface area contributed by atoms with Gasteiger partial charge in [0.2, 0.25) is 5.91 Å². The monoisotopic (exact) mass is 829 g/mol. The largest absolute Gasteiger partial charge is 0.489 e. The third-order valence-corrected chi connectivity index (χ3v) is 6.89. The normalized spacial score (nSPS) is 12.6. The zero-order chi connectivity index (χ0) is 30.4. The van der Waals surface area contributed by atoms with Crippen LogP contribution < -0.4 is 15.4 Å². The number of nitrogens with zero attached hydrogens (tertiary/aromatic N) is 3. The molecule has 4 aromatic rings. The number of aliphatic hydroxyl groups is 1. The molecule has 1 unspecified atom stereocenters. The number of aromatic nitrogens is 2. The molecule has 43 heavy (non-hydrogen) atoms. The van der Waals surface area contributed by atoms with Crippen LogP contribution in [0.3, 0.4) is 0 Å². The van der Waals surface area contributed by atoms with Crippen molar-refractivity contribution < 1.29 is 50.5 Å². The average molecular weight is 830 g/mol. The van der Waals surface area contributed by atoms with Gasteiger partial charge in [0.05, 0.1) is 35.5 Å². The molecule has 2 heterocycles. The molecule has 0 aliphatic heterocycles. The zero-order valence-corrected chi connectivity index (χ0v) is 30.0. The number of amides is 2. The summed E-state index contributed by atoms with van der Waals surface area (Å²) in [5.41, 5.74) is 4.58. The average Bonchev–Trinajstić information content (AvgIpc) is 3.37. The van der Waals surface area contributed by atoms with E-state index < -0.39 is 6.10 Å². The van der Waals surface area contributed by atoms with Crippen LogP contribution in [0.15, 0.2) is 67.0 Å². The van der Waals surface area contributed by atoms with Crippen LogP contribution in [0, 0.1) is 31.1 Å². The van der Waals surface area contributed by atoms with E-state index >= 15 is 0 Å². The molecule has 0 saturated heterocycles. The summed E-state index contributed by atoms with van der Waals surface area (Å²) in [5.74, 6) is 0.0924. The molecule has 0 spiro atoms. The summed E-state index contributed by atoms with van der Waals surface area (Å²) < 4.78 is 7.58. The summed E-state index contributed by atoms with van der Waals surface area (Å²) in [6.45, 7) is 6.05. The number of hydrogen-bond acceptors (Lipinski definition) is 6. The summed E-state index contributed by atoms with van der Waals surface area (Å²) in [7, 11) is 3.65. The van der Waals surface area contributed by atoms with Crippen molar-refractivity contribution in [2.24, 2.45) is 0 Å². The molecular formula is C32H38ClN5O4U. The Morgan fingerprint density at radius 3 is 2.44 bits per heavy atom. The molecule has 4 rings (SSSR count). The van der Waals surface area contributed by atoms with E-state index in [2.05, 4.69) is 10.6 Å². The maximum atomic E-state index is 13.2. The van der Waals surface area contributed by atoms with E-state index in [9.17, 15) is 14.7 Å². The van der Waals surface area contributed by atoms with E-state index in [0.29, 0.717) is 28.4 Å². The number of rotatable bonds is 12. The third-order valence-electron chi connectivity index (χ3n) is 6.59. The molecule has 3 N–H and O–H groups in total. The number of benzene rings is 2. The van der Waals surface area contributed by atoms with Gasteiger partial charge in [-0.2, -0.15) is 0 Å². The summed E-state index contributed by atoms with van der Waals surface area (Å²) in [6, 6.07) is 16.3. The van der Waals surface area contributed by atoms with Crippen LogP contribution in [0.1, 0.15) is 48.4 Å². The summed E-state index contributed by atoms with van der Waals surface area (Å²) in [5, 5.41) is 16.4. The van der Waals surface area contributed by atoms with Crippen LogP contribution in [0.5, 0.6) is 5.75 Å². The minimum absolute atomic E-state index is 0. The summed E-state index contributed by atoms with van der Waals surface area (Å²) in [6.07, 6.45) is 3.66. The fourth-order valence-electron chi connectivity index (χ4n) is 4.61. The van der Waals surface area contributed by atoms with Gasteiger partial charge in [0.1, 0.15) is 11.4 Å². The first-order valence-corrected chi connectivity index (χ1v) is 14.3. The van der Waals surface area contributed by atoms with Crippen molar-refractivity contribution in [1.29, 1.82) is 0 Å². The molecular weight excluding hydrogens is 792 g/mol. The SMILES string of the molecule is CC(C)Oc1ccc(C(=O)N[C@H](CNC(=O)CN(C)C)Cc2ccc(-c3cn4cccc(C(C)O)c4n3)cc2)cc1Cl.[U]. The molecule has 9 nitrogen and oxygen atoms in total. The molecule has 2 aromatic heterocycles. The van der Waals surface area contributed by atoms with Crippen molar-refractivity contribution in [1.82, 2.24) is 24.9 Å². The summed E-state index contributed by atoms with van der Waals surface area (Å²) >= 11 is 6.36. The molecule has 0 fully saturated rings. The predicted octanol–water partition coefficient (Wildman–Crippen LogP) is 4.51. The molecule has 226 valence electrons. The first-order valence-electron chi connectivity index (χ1n) is 13.9. The van der Waals surface area contributed by atoms with Gasteiger partial charge in [-0.25, -0.2) is 4.98 Å². The number of imidazole rings is 1. The van der Waals surface area contributed by atoms with E-state index in [-0.39, 0.29) is 68.2 Å². The van der Waals surface area contributed by atoms with Crippen LogP contribution in [0.2, 0.25) is 5.02 Å². The molecule has 0 bridgehead atoms. The maximum Gasteiger partial charge on any atom is 0.251 e. The molecule has 0 radical (unpaired) electrons. The second-order valence-corrected chi connectivity index (χ2v) is 11.3. The van der Waals surface area contributed by atoms with Crippen molar-refractivity contribution >= 4 is 29.1 Å². The number of hydrogen-bond donors (Lipinski definition) is 3. The van der Waals surface area contributed by atoms with Gasteiger partial charge in [0.15, 0.2) is 0 Å². The number of halogens is 1. The van der Waals surface area contributed by atoms with E-state index in [0.717, 1.165) is 22.4 Å². The molecule has 0 aliphatic carbocycles. The van der Waals surface area contributed by atoms with E-state index in [1.807, 2.05) is 81.1 Å². The Bertz CT molecular complexity index is 1540. The standard InChI is InChI=1S/C32H38ClN5O4.U/c1-20(2)42-29-13-12-24(16-27(29)33)32(41)35-25(17-34-30(40)19-37(4)5)15-22-8-10-23(11-9-22)28-18-38-14-6-7-26(21(3)39)31(38)36-28;/h6-14,16,18,20-21,25,39H,15,17,19H2,1-5H3,(H,34,40)(H,35,41);/t21?,25-;/m0./s1. The van der Waals surface area contributed by atoms with E-state index in [1.165, 1.54) is 0 Å². The predicted molar refractivity (Wildman–Crippen MR) is 165 cm³/mol. The third kappa shape index (κ3) is 9.56. The van der Waals surface area contributed by atoms with Gasteiger partial charge in [-0.15, -0.1) is 0 Å². The van der Waals surface area contributed by atoms with Gasteiger partial charge in [0.25, 0.3) is 5.91 Å². The Hall–Kier alpha value is -2.87. The number of aliphatic hydroxyl groups excluding tert-OH is 1. The number of carbonyl (C=O) groups is 2. The van der Waals surface area contributed by atoms with Crippen LogP contribution in [0.4, 0.5) is 0 Å². The molecule has 2 amide bonds. The van der Waals surface area contributed by atoms with Gasteiger partial charge < -0.3 is 29.8 Å². The number of carbonyl (C=O) groups excluding carboxylic acids is 2. The Kier molecular flexibility index (Phi) is 12.7. The zero-order valence-electron chi connectivity index (χ0n) is 25.1. The van der Waals surface area contributed by atoms with Gasteiger partial charge >= 0.3 is 0 Å². The minimum Gasteiger partial charge on any atom is -0.489 e. The smallest absolute Gasteiger partial charge is 0.251 e. The van der Waals surface area contributed by atoms with Gasteiger partial charge in [-0.3, -0.25) is 9.59 Å². The van der Waals surface area contributed by atoms with Crippen LogP contribution in [-0.4, -0.2) is 70.5 Å². The fraction of sp³-hybridized carbons (Fsp3) is 0.344. The maximum absolute atomic E-state index is 13.2. The van der Waals surface area contributed by atoms with Crippen molar-refractivity contribution in [2.45, 2.75) is 45.4 Å². The molecule has 2 aromatic carbocycles. The molecule has 2 atom stereocenters. The van der Waals surface area contributed by atoms with Crippen LogP contribution >= 0.6 is 11.6 Å². The fourth-order valence-corrected chi connectivity index (χ4v) is 4.84. The molecule has 0 aliphatic rings. The second-order valence-electron chi connectivity index (χ2n) is 10.9. The van der Waals surface area contributed by atoms with Gasteiger partial charge in [-0.05, 0) is 71.1 Å². The number of nitrogens with one attached hydrogen (secondary N) is 2. The second kappa shape index (κ2) is 15.7. The minimum atomic E-state index is -0.626.